The number of carbonyl (C=O) groups is 1. The van der Waals surface area contributed by atoms with Crippen LogP contribution in [0.3, 0.4) is 0 Å². The minimum Gasteiger partial charge on any atom is -0.489 e. The van der Waals surface area contributed by atoms with Crippen molar-refractivity contribution in [3.05, 3.63) is 59.2 Å². The van der Waals surface area contributed by atoms with E-state index >= 15 is 0 Å². The van der Waals surface area contributed by atoms with Crippen LogP contribution in [0.25, 0.3) is 0 Å². The highest BCUT2D eigenvalue weighted by molar-refractivity contribution is 7.89. The number of hydrogen-bond acceptors (Lipinski definition) is 5. The third kappa shape index (κ3) is 4.66. The summed E-state index contributed by atoms with van der Waals surface area (Å²) in [5.74, 6) is 0.490. The topological polar surface area (TPSA) is 102 Å². The molecular weight excluding hydrogens is 402 g/mol. The number of amides is 1. The summed E-state index contributed by atoms with van der Waals surface area (Å²) in [5.41, 5.74) is 2.22. The third-order valence-corrected chi connectivity index (χ3v) is 6.60. The number of rotatable bonds is 6. The predicted molar refractivity (Wildman–Crippen MR) is 114 cm³/mol. The van der Waals surface area contributed by atoms with Gasteiger partial charge in [-0.05, 0) is 49.1 Å². The van der Waals surface area contributed by atoms with Crippen molar-refractivity contribution in [3.63, 3.8) is 0 Å². The molecule has 0 aromatic heterocycles. The second kappa shape index (κ2) is 8.37. The lowest BCUT2D eigenvalue weighted by Gasteiger charge is -2.17. The van der Waals surface area contributed by atoms with E-state index < -0.39 is 10.0 Å². The lowest BCUT2D eigenvalue weighted by Crippen LogP contribution is -2.31. The van der Waals surface area contributed by atoms with Crippen molar-refractivity contribution < 1.29 is 17.9 Å². The molecule has 0 saturated carbocycles. The number of primary sulfonamides is 1. The minimum atomic E-state index is -3.91. The van der Waals surface area contributed by atoms with E-state index in [1.807, 2.05) is 25.1 Å². The zero-order valence-electron chi connectivity index (χ0n) is 17.0. The van der Waals surface area contributed by atoms with Gasteiger partial charge in [0.15, 0.2) is 0 Å². The quantitative estimate of drug-likeness (QED) is 0.730. The van der Waals surface area contributed by atoms with Crippen molar-refractivity contribution in [2.75, 3.05) is 19.6 Å². The average molecular weight is 430 g/mol. The van der Waals surface area contributed by atoms with Crippen molar-refractivity contribution in [2.24, 2.45) is 11.1 Å². The Bertz CT molecular complexity index is 1040. The molecule has 8 heteroatoms. The van der Waals surface area contributed by atoms with Crippen LogP contribution in [0.1, 0.15) is 34.8 Å². The van der Waals surface area contributed by atoms with Gasteiger partial charge in [-0.3, -0.25) is 9.69 Å². The number of nitrogens with two attached hydrogens (primary N) is 1. The number of nitrogens with zero attached hydrogens (tertiary/aromatic N) is 1. The zero-order valence-corrected chi connectivity index (χ0v) is 17.8. The van der Waals surface area contributed by atoms with E-state index in [0.717, 1.165) is 26.1 Å². The first-order valence-electron chi connectivity index (χ1n) is 10.2. The molecule has 2 aromatic rings. The van der Waals surface area contributed by atoms with Crippen LogP contribution in [0.15, 0.2) is 47.4 Å². The molecule has 3 N–H and O–H groups in total. The molecule has 1 fully saturated rings. The van der Waals surface area contributed by atoms with Gasteiger partial charge in [0.05, 0.1) is 10.5 Å². The standard InChI is InChI=1S/C22H27N3O4S/c1-15-9-18-10-19(30(23,27)28)11-20(21(18)29-15)22(26)24-12-17-7-8-25(14-17)13-16-5-3-2-4-6-16/h2-6,10-11,15,17H,7-9,12-14H2,1H3,(H,24,26)(H2,23,27,28). The van der Waals surface area contributed by atoms with Crippen molar-refractivity contribution >= 4 is 15.9 Å². The number of carbonyl (C=O) groups excluding carboxylic acids is 1. The number of nitrogens with one attached hydrogen (secondary N) is 1. The van der Waals surface area contributed by atoms with Gasteiger partial charge < -0.3 is 10.1 Å². The number of ether oxygens (including phenoxy) is 1. The fraction of sp³-hybridized carbons (Fsp3) is 0.409. The number of likely N-dealkylation sites (tertiary alicyclic amines) is 1. The van der Waals surface area contributed by atoms with E-state index in [4.69, 9.17) is 9.88 Å². The second-order valence-electron chi connectivity index (χ2n) is 8.22. The van der Waals surface area contributed by atoms with Crippen LogP contribution < -0.4 is 15.2 Å². The highest BCUT2D eigenvalue weighted by Crippen LogP contribution is 2.35. The van der Waals surface area contributed by atoms with Crippen LogP contribution in [0.2, 0.25) is 0 Å². The van der Waals surface area contributed by atoms with Crippen LogP contribution in [0, 0.1) is 5.92 Å². The fourth-order valence-electron chi connectivity index (χ4n) is 4.23. The highest BCUT2D eigenvalue weighted by atomic mass is 32.2. The van der Waals surface area contributed by atoms with Crippen molar-refractivity contribution in [1.29, 1.82) is 0 Å². The van der Waals surface area contributed by atoms with Crippen LogP contribution in [-0.4, -0.2) is 45.0 Å². The predicted octanol–water partition coefficient (Wildman–Crippen LogP) is 1.91. The van der Waals surface area contributed by atoms with E-state index in [1.165, 1.54) is 17.7 Å². The Kier molecular flexibility index (Phi) is 5.81. The van der Waals surface area contributed by atoms with Gasteiger partial charge in [-0.1, -0.05) is 30.3 Å². The van der Waals surface area contributed by atoms with Gasteiger partial charge in [0, 0.05) is 26.1 Å². The molecule has 0 spiro atoms. The van der Waals surface area contributed by atoms with Gasteiger partial charge in [0.1, 0.15) is 11.9 Å². The number of sulfonamides is 1. The van der Waals surface area contributed by atoms with Gasteiger partial charge in [-0.25, -0.2) is 13.6 Å². The molecule has 7 nitrogen and oxygen atoms in total. The Morgan fingerprint density at radius 3 is 2.77 bits per heavy atom. The normalized spacial score (nSPS) is 21.3. The summed E-state index contributed by atoms with van der Waals surface area (Å²) >= 11 is 0. The van der Waals surface area contributed by atoms with Crippen LogP contribution in [-0.2, 0) is 23.0 Å². The third-order valence-electron chi connectivity index (χ3n) is 5.71. The van der Waals surface area contributed by atoms with Gasteiger partial charge >= 0.3 is 0 Å². The summed E-state index contributed by atoms with van der Waals surface area (Å²) in [4.78, 5) is 15.2. The number of fused-ring (bicyclic) bond motifs is 1. The van der Waals surface area contributed by atoms with Crippen molar-refractivity contribution in [2.45, 2.75) is 37.3 Å². The van der Waals surface area contributed by atoms with E-state index in [1.54, 1.807) is 0 Å². The second-order valence-corrected chi connectivity index (χ2v) is 9.78. The number of benzene rings is 2. The lowest BCUT2D eigenvalue weighted by molar-refractivity contribution is 0.0942. The monoisotopic (exact) mass is 429 g/mol. The number of hydrogen-bond donors (Lipinski definition) is 2. The van der Waals surface area contributed by atoms with Crippen LogP contribution in [0.5, 0.6) is 5.75 Å². The molecule has 0 radical (unpaired) electrons. The van der Waals surface area contributed by atoms with Gasteiger partial charge in [-0.2, -0.15) is 0 Å². The summed E-state index contributed by atoms with van der Waals surface area (Å²) in [6.45, 7) is 5.23. The first-order valence-corrected chi connectivity index (χ1v) is 11.7. The van der Waals surface area contributed by atoms with Crippen LogP contribution >= 0.6 is 0 Å². The maximum absolute atomic E-state index is 12.9. The van der Waals surface area contributed by atoms with Gasteiger partial charge in [-0.15, -0.1) is 0 Å². The van der Waals surface area contributed by atoms with E-state index in [2.05, 4.69) is 22.3 Å². The SMILES string of the molecule is CC1Cc2cc(S(N)(=O)=O)cc(C(=O)NCC3CCN(Cc4ccccc4)C3)c2O1. The summed E-state index contributed by atoms with van der Waals surface area (Å²) in [6.07, 6.45) is 1.45. The maximum Gasteiger partial charge on any atom is 0.255 e. The van der Waals surface area contributed by atoms with Crippen LogP contribution in [0.4, 0.5) is 0 Å². The lowest BCUT2D eigenvalue weighted by atomic mass is 10.1. The average Bonchev–Trinajstić information content (AvgIpc) is 3.30. The molecule has 2 aromatic carbocycles. The van der Waals surface area contributed by atoms with E-state index in [-0.39, 0.29) is 22.5 Å². The summed E-state index contributed by atoms with van der Waals surface area (Å²) < 4.78 is 29.5. The Morgan fingerprint density at radius 2 is 2.03 bits per heavy atom. The molecule has 2 atom stereocenters. The molecule has 160 valence electrons. The largest absolute Gasteiger partial charge is 0.489 e. The molecule has 0 bridgehead atoms. The first kappa shape index (κ1) is 20.8. The van der Waals surface area contributed by atoms with E-state index in [0.29, 0.717) is 30.2 Å². The smallest absolute Gasteiger partial charge is 0.255 e. The fourth-order valence-corrected chi connectivity index (χ4v) is 4.82. The summed E-state index contributed by atoms with van der Waals surface area (Å²) in [6, 6.07) is 13.2. The molecule has 0 aliphatic carbocycles. The molecular formula is C22H27N3O4S. The maximum atomic E-state index is 12.9. The molecule has 2 aliphatic heterocycles. The van der Waals surface area contributed by atoms with E-state index in [9.17, 15) is 13.2 Å². The zero-order chi connectivity index (χ0) is 21.3. The highest BCUT2D eigenvalue weighted by Gasteiger charge is 2.29. The van der Waals surface area contributed by atoms with Crippen molar-refractivity contribution in [1.82, 2.24) is 10.2 Å². The molecule has 2 unspecified atom stereocenters. The minimum absolute atomic E-state index is 0.0565. The Balaban J connectivity index is 1.41. The van der Waals surface area contributed by atoms with Crippen molar-refractivity contribution in [3.8, 4) is 5.75 Å². The molecule has 2 aliphatic rings. The summed E-state index contributed by atoms with van der Waals surface area (Å²) in [5, 5.41) is 8.27. The Hall–Kier alpha value is -2.42. The Labute approximate surface area is 177 Å². The molecule has 1 amide bonds. The molecule has 2 heterocycles. The molecule has 1 saturated heterocycles. The summed E-state index contributed by atoms with van der Waals surface area (Å²) in [7, 11) is -3.91. The first-order chi connectivity index (χ1) is 14.3. The molecule has 4 rings (SSSR count). The van der Waals surface area contributed by atoms with Gasteiger partial charge in [0.2, 0.25) is 10.0 Å². The molecule has 30 heavy (non-hydrogen) atoms. The van der Waals surface area contributed by atoms with Gasteiger partial charge in [0.25, 0.3) is 5.91 Å². The Morgan fingerprint density at radius 1 is 1.27 bits per heavy atom.